The standard InChI is InChI=1S/C11H15N3O3/c1-17-11(16)9-6-10(15)14(7-9)5-4-13-3-2-12-8-13/h2-3,8-9H,4-7H2,1H3/t9-/m0/s1. The van der Waals surface area contributed by atoms with Gasteiger partial charge < -0.3 is 14.2 Å². The van der Waals surface area contributed by atoms with Gasteiger partial charge in [0.2, 0.25) is 5.91 Å². The first-order valence-corrected chi connectivity index (χ1v) is 5.52. The van der Waals surface area contributed by atoms with Crippen LogP contribution in [0.5, 0.6) is 0 Å². The van der Waals surface area contributed by atoms with Crippen molar-refractivity contribution in [3.63, 3.8) is 0 Å². The van der Waals surface area contributed by atoms with E-state index >= 15 is 0 Å². The van der Waals surface area contributed by atoms with E-state index in [1.54, 1.807) is 17.4 Å². The van der Waals surface area contributed by atoms with E-state index in [1.807, 2.05) is 10.8 Å². The number of esters is 1. The van der Waals surface area contributed by atoms with Gasteiger partial charge >= 0.3 is 5.97 Å². The maximum atomic E-state index is 11.7. The fraction of sp³-hybridized carbons (Fsp3) is 0.545. The van der Waals surface area contributed by atoms with Crippen LogP contribution in [0.3, 0.4) is 0 Å². The number of imidazole rings is 1. The van der Waals surface area contributed by atoms with Crippen LogP contribution < -0.4 is 0 Å². The highest BCUT2D eigenvalue weighted by molar-refractivity contribution is 5.86. The number of aromatic nitrogens is 2. The molecule has 1 atom stereocenters. The second-order valence-corrected chi connectivity index (χ2v) is 4.06. The molecule has 6 heteroatoms. The number of methoxy groups -OCH3 is 1. The molecule has 2 heterocycles. The van der Waals surface area contributed by atoms with E-state index in [2.05, 4.69) is 9.72 Å². The van der Waals surface area contributed by atoms with Crippen LogP contribution in [0.4, 0.5) is 0 Å². The first kappa shape index (κ1) is 11.6. The number of ether oxygens (including phenoxy) is 1. The molecule has 0 radical (unpaired) electrons. The van der Waals surface area contributed by atoms with E-state index in [1.165, 1.54) is 7.11 Å². The molecule has 1 fully saturated rings. The first-order chi connectivity index (χ1) is 8.20. The summed E-state index contributed by atoms with van der Waals surface area (Å²) in [5.41, 5.74) is 0. The highest BCUT2D eigenvalue weighted by Crippen LogP contribution is 2.18. The van der Waals surface area contributed by atoms with Crippen molar-refractivity contribution >= 4 is 11.9 Å². The summed E-state index contributed by atoms with van der Waals surface area (Å²) in [6.45, 7) is 1.75. The minimum Gasteiger partial charge on any atom is -0.469 e. The lowest BCUT2D eigenvalue weighted by atomic mass is 10.1. The van der Waals surface area contributed by atoms with Crippen LogP contribution in [0.1, 0.15) is 6.42 Å². The number of amides is 1. The average Bonchev–Trinajstić information content (AvgIpc) is 2.95. The van der Waals surface area contributed by atoms with Crippen LogP contribution in [-0.4, -0.2) is 46.5 Å². The van der Waals surface area contributed by atoms with Crippen molar-refractivity contribution < 1.29 is 14.3 Å². The number of hydrogen-bond donors (Lipinski definition) is 0. The minimum atomic E-state index is -0.310. The molecule has 0 unspecified atom stereocenters. The number of hydrogen-bond acceptors (Lipinski definition) is 4. The maximum Gasteiger partial charge on any atom is 0.310 e. The fourth-order valence-electron chi connectivity index (χ4n) is 1.97. The normalized spacial score (nSPS) is 19.7. The first-order valence-electron chi connectivity index (χ1n) is 5.52. The van der Waals surface area contributed by atoms with E-state index in [0.29, 0.717) is 19.6 Å². The Labute approximate surface area is 99.2 Å². The predicted octanol–water partition coefficient (Wildman–Crippen LogP) is -0.0954. The SMILES string of the molecule is COC(=O)[C@H]1CC(=O)N(CCn2ccnc2)C1. The summed E-state index contributed by atoms with van der Waals surface area (Å²) in [4.78, 5) is 28.6. The Morgan fingerprint density at radius 3 is 3.06 bits per heavy atom. The van der Waals surface area contributed by atoms with Crippen molar-refractivity contribution in [1.29, 1.82) is 0 Å². The van der Waals surface area contributed by atoms with Gasteiger partial charge in [-0.15, -0.1) is 0 Å². The van der Waals surface area contributed by atoms with Crippen LogP contribution >= 0.6 is 0 Å². The van der Waals surface area contributed by atoms with Crippen LogP contribution in [0, 0.1) is 5.92 Å². The van der Waals surface area contributed by atoms with E-state index in [-0.39, 0.29) is 24.2 Å². The number of likely N-dealkylation sites (tertiary alicyclic amines) is 1. The number of carbonyl (C=O) groups is 2. The Kier molecular flexibility index (Phi) is 3.41. The van der Waals surface area contributed by atoms with E-state index < -0.39 is 0 Å². The number of rotatable bonds is 4. The van der Waals surface area contributed by atoms with Crippen LogP contribution in [0.2, 0.25) is 0 Å². The summed E-state index contributed by atoms with van der Waals surface area (Å²) in [5, 5.41) is 0. The number of carbonyl (C=O) groups excluding carboxylic acids is 2. The third kappa shape index (κ3) is 2.64. The molecule has 1 amide bonds. The average molecular weight is 237 g/mol. The molecule has 0 bridgehead atoms. The minimum absolute atomic E-state index is 0.0144. The summed E-state index contributed by atoms with van der Waals surface area (Å²) < 4.78 is 6.55. The van der Waals surface area contributed by atoms with Gasteiger partial charge in [0.15, 0.2) is 0 Å². The largest absolute Gasteiger partial charge is 0.469 e. The molecule has 2 rings (SSSR count). The Morgan fingerprint density at radius 1 is 1.59 bits per heavy atom. The van der Waals surface area contributed by atoms with Gasteiger partial charge in [-0.3, -0.25) is 9.59 Å². The Balaban J connectivity index is 1.86. The third-order valence-electron chi connectivity index (χ3n) is 2.94. The summed E-state index contributed by atoms with van der Waals surface area (Å²) in [7, 11) is 1.35. The van der Waals surface area contributed by atoms with Crippen molar-refractivity contribution in [2.45, 2.75) is 13.0 Å². The second kappa shape index (κ2) is 4.99. The van der Waals surface area contributed by atoms with Gasteiger partial charge in [-0.2, -0.15) is 0 Å². The fourth-order valence-corrected chi connectivity index (χ4v) is 1.97. The van der Waals surface area contributed by atoms with Crippen LogP contribution in [0.15, 0.2) is 18.7 Å². The summed E-state index contributed by atoms with van der Waals surface area (Å²) >= 11 is 0. The summed E-state index contributed by atoms with van der Waals surface area (Å²) in [5.74, 6) is -0.598. The predicted molar refractivity (Wildman–Crippen MR) is 58.9 cm³/mol. The molecule has 1 aliphatic heterocycles. The molecule has 0 spiro atoms. The molecule has 0 aliphatic carbocycles. The van der Waals surface area contributed by atoms with Crippen LogP contribution in [0.25, 0.3) is 0 Å². The van der Waals surface area contributed by atoms with Crippen molar-refractivity contribution in [1.82, 2.24) is 14.5 Å². The monoisotopic (exact) mass is 237 g/mol. The van der Waals surface area contributed by atoms with Gasteiger partial charge in [0.1, 0.15) is 0 Å². The zero-order chi connectivity index (χ0) is 12.3. The highest BCUT2D eigenvalue weighted by atomic mass is 16.5. The van der Waals surface area contributed by atoms with Crippen molar-refractivity contribution in [2.24, 2.45) is 5.92 Å². The zero-order valence-corrected chi connectivity index (χ0v) is 9.70. The topological polar surface area (TPSA) is 64.4 Å². The van der Waals surface area contributed by atoms with Gasteiger partial charge in [0, 0.05) is 38.4 Å². The molecule has 0 aromatic carbocycles. The molecule has 92 valence electrons. The molecular weight excluding hydrogens is 222 g/mol. The maximum absolute atomic E-state index is 11.7. The molecule has 6 nitrogen and oxygen atoms in total. The molecule has 1 aliphatic rings. The van der Waals surface area contributed by atoms with Gasteiger partial charge in [0.05, 0.1) is 19.4 Å². The zero-order valence-electron chi connectivity index (χ0n) is 9.70. The highest BCUT2D eigenvalue weighted by Gasteiger charge is 2.34. The van der Waals surface area contributed by atoms with E-state index in [9.17, 15) is 9.59 Å². The Hall–Kier alpha value is -1.85. The van der Waals surface area contributed by atoms with E-state index in [4.69, 9.17) is 0 Å². The summed E-state index contributed by atoms with van der Waals surface area (Å²) in [6, 6.07) is 0. The summed E-state index contributed by atoms with van der Waals surface area (Å²) in [6.07, 6.45) is 5.51. The third-order valence-corrected chi connectivity index (χ3v) is 2.94. The lowest BCUT2D eigenvalue weighted by molar-refractivity contribution is -0.145. The molecule has 1 saturated heterocycles. The molecule has 1 aromatic rings. The lowest BCUT2D eigenvalue weighted by Crippen LogP contribution is -2.29. The van der Waals surface area contributed by atoms with Gasteiger partial charge in [-0.1, -0.05) is 0 Å². The second-order valence-electron chi connectivity index (χ2n) is 4.06. The van der Waals surface area contributed by atoms with Crippen LogP contribution in [-0.2, 0) is 20.9 Å². The van der Waals surface area contributed by atoms with Gasteiger partial charge in [-0.25, -0.2) is 4.98 Å². The molecule has 0 saturated carbocycles. The van der Waals surface area contributed by atoms with Gasteiger partial charge in [-0.05, 0) is 0 Å². The smallest absolute Gasteiger partial charge is 0.310 e. The Morgan fingerprint density at radius 2 is 2.41 bits per heavy atom. The molecule has 0 N–H and O–H groups in total. The molecule has 1 aromatic heterocycles. The Bertz CT molecular complexity index is 402. The van der Waals surface area contributed by atoms with E-state index in [0.717, 1.165) is 0 Å². The molecule has 17 heavy (non-hydrogen) atoms. The van der Waals surface area contributed by atoms with Crippen molar-refractivity contribution in [3.8, 4) is 0 Å². The van der Waals surface area contributed by atoms with Crippen molar-refractivity contribution in [3.05, 3.63) is 18.7 Å². The van der Waals surface area contributed by atoms with Gasteiger partial charge in [0.25, 0.3) is 0 Å². The molecular formula is C11H15N3O3. The number of nitrogens with zero attached hydrogens (tertiary/aromatic N) is 3. The quantitative estimate of drug-likeness (QED) is 0.686. The van der Waals surface area contributed by atoms with Crippen molar-refractivity contribution in [2.75, 3.05) is 20.2 Å². The lowest BCUT2D eigenvalue weighted by Gasteiger charge is -2.16.